The minimum absolute atomic E-state index is 0.722. The van der Waals surface area contributed by atoms with Gasteiger partial charge in [0.2, 0.25) is 0 Å². The summed E-state index contributed by atoms with van der Waals surface area (Å²) in [5.74, 6) is 1.44. The van der Waals surface area contributed by atoms with Crippen molar-refractivity contribution in [2.45, 2.75) is 69.2 Å². The molecule has 0 aliphatic carbocycles. The lowest BCUT2D eigenvalue weighted by molar-refractivity contribution is 0.756. The molecule has 0 aromatic heterocycles. The van der Waals surface area contributed by atoms with E-state index in [1.165, 1.54) is 22.3 Å². The zero-order valence-corrected chi connectivity index (χ0v) is 13.2. The first-order valence-electron chi connectivity index (χ1n) is 6.39. The van der Waals surface area contributed by atoms with Gasteiger partial charge in [-0.3, -0.25) is 0 Å². The van der Waals surface area contributed by atoms with Crippen molar-refractivity contribution in [1.82, 2.24) is 0 Å². The second-order valence-electron chi connectivity index (χ2n) is 5.68. The van der Waals surface area contributed by atoms with Crippen molar-refractivity contribution in [1.29, 1.82) is 0 Å². The van der Waals surface area contributed by atoms with Gasteiger partial charge >= 0.3 is 0 Å². The highest BCUT2D eigenvalue weighted by molar-refractivity contribution is 5.08. The zero-order valence-electron chi connectivity index (χ0n) is 13.2. The Morgan fingerprint density at radius 2 is 0.688 bits per heavy atom. The maximum atomic E-state index is 2.22. The standard InChI is InChI=1S/2C8H16/c2*1-6(2)8(5)7(3)4/h2*6H,1-5H3. The van der Waals surface area contributed by atoms with Crippen LogP contribution in [0.15, 0.2) is 22.3 Å². The lowest BCUT2D eigenvalue weighted by Crippen LogP contribution is -1.89. The Hall–Kier alpha value is -0.520. The second kappa shape index (κ2) is 8.61. The van der Waals surface area contributed by atoms with Crippen LogP contribution in [0.3, 0.4) is 0 Å². The summed E-state index contributed by atoms with van der Waals surface area (Å²) in [6.07, 6.45) is 0. The molecule has 0 radical (unpaired) electrons. The fraction of sp³-hybridized carbons (Fsp3) is 0.750. The van der Waals surface area contributed by atoms with Crippen molar-refractivity contribution in [3.8, 4) is 0 Å². The third kappa shape index (κ3) is 8.76. The molecule has 0 bridgehead atoms. The quantitative estimate of drug-likeness (QED) is 0.505. The van der Waals surface area contributed by atoms with E-state index in [4.69, 9.17) is 0 Å². The normalized spacial score (nSPS) is 9.75. The Morgan fingerprint density at radius 1 is 0.500 bits per heavy atom. The van der Waals surface area contributed by atoms with Crippen LogP contribution < -0.4 is 0 Å². The van der Waals surface area contributed by atoms with E-state index in [9.17, 15) is 0 Å². The van der Waals surface area contributed by atoms with Gasteiger partial charge in [-0.2, -0.15) is 0 Å². The van der Waals surface area contributed by atoms with Crippen LogP contribution in [0.5, 0.6) is 0 Å². The van der Waals surface area contributed by atoms with Crippen molar-refractivity contribution in [2.24, 2.45) is 11.8 Å². The molecule has 0 rings (SSSR count). The molecule has 0 aliphatic rings. The van der Waals surface area contributed by atoms with Gasteiger partial charge in [0.25, 0.3) is 0 Å². The third-order valence-electron chi connectivity index (χ3n) is 3.31. The van der Waals surface area contributed by atoms with Crippen LogP contribution >= 0.6 is 0 Å². The fourth-order valence-corrected chi connectivity index (χ4v) is 1.15. The predicted molar refractivity (Wildman–Crippen MR) is 77.8 cm³/mol. The van der Waals surface area contributed by atoms with Crippen molar-refractivity contribution < 1.29 is 0 Å². The van der Waals surface area contributed by atoms with Crippen LogP contribution in [-0.4, -0.2) is 0 Å². The summed E-state index contributed by atoms with van der Waals surface area (Å²) in [6.45, 7) is 21.9. The van der Waals surface area contributed by atoms with Crippen LogP contribution in [0, 0.1) is 11.8 Å². The Labute approximate surface area is 104 Å². The highest BCUT2D eigenvalue weighted by Gasteiger charge is 1.96. The molecule has 0 amide bonds. The van der Waals surface area contributed by atoms with E-state index < -0.39 is 0 Å². The summed E-state index contributed by atoms with van der Waals surface area (Å²) >= 11 is 0. The van der Waals surface area contributed by atoms with Gasteiger partial charge in [0.15, 0.2) is 0 Å². The van der Waals surface area contributed by atoms with Crippen molar-refractivity contribution in [3.05, 3.63) is 22.3 Å². The third-order valence-corrected chi connectivity index (χ3v) is 3.31. The van der Waals surface area contributed by atoms with E-state index in [0.717, 1.165) is 11.8 Å². The minimum Gasteiger partial charge on any atom is -0.0773 e. The molecule has 0 atom stereocenters. The van der Waals surface area contributed by atoms with E-state index in [2.05, 4.69) is 69.2 Å². The Morgan fingerprint density at radius 3 is 0.688 bits per heavy atom. The van der Waals surface area contributed by atoms with E-state index >= 15 is 0 Å². The Balaban J connectivity index is 0. The molecule has 0 saturated carbocycles. The Bertz CT molecular complexity index is 213. The highest BCUT2D eigenvalue weighted by Crippen LogP contribution is 2.12. The smallest absolute Gasteiger partial charge is 0.0260 e. The van der Waals surface area contributed by atoms with Crippen molar-refractivity contribution in [2.75, 3.05) is 0 Å². The largest absolute Gasteiger partial charge is 0.0773 e. The molecule has 0 spiro atoms. The SMILES string of the molecule is CC(C)=C(C)C(C)C.CC(C)=C(C)C(C)C. The minimum atomic E-state index is 0.722. The molecule has 0 fully saturated rings. The molecular weight excluding hydrogens is 192 g/mol. The number of rotatable bonds is 2. The van der Waals surface area contributed by atoms with E-state index in [1.807, 2.05) is 0 Å². The van der Waals surface area contributed by atoms with Crippen molar-refractivity contribution >= 4 is 0 Å². The summed E-state index contributed by atoms with van der Waals surface area (Å²) in [6, 6.07) is 0. The van der Waals surface area contributed by atoms with Crippen LogP contribution in [0.25, 0.3) is 0 Å². The second-order valence-corrected chi connectivity index (χ2v) is 5.68. The van der Waals surface area contributed by atoms with E-state index in [-0.39, 0.29) is 0 Å². The van der Waals surface area contributed by atoms with Crippen LogP contribution in [0.1, 0.15) is 69.2 Å². The van der Waals surface area contributed by atoms with E-state index in [0.29, 0.717) is 0 Å². The average Bonchev–Trinajstić information content (AvgIpc) is 2.15. The van der Waals surface area contributed by atoms with Gasteiger partial charge in [-0.05, 0) is 53.4 Å². The van der Waals surface area contributed by atoms with Gasteiger partial charge in [0.1, 0.15) is 0 Å². The van der Waals surface area contributed by atoms with Gasteiger partial charge in [-0.1, -0.05) is 50.0 Å². The molecule has 0 aliphatic heterocycles. The lowest BCUT2D eigenvalue weighted by atomic mass is 10.0. The lowest BCUT2D eigenvalue weighted by Gasteiger charge is -2.05. The molecule has 0 N–H and O–H groups in total. The summed E-state index contributed by atoms with van der Waals surface area (Å²) in [7, 11) is 0. The molecule has 0 nitrogen and oxygen atoms in total. The molecular formula is C16H32. The van der Waals surface area contributed by atoms with E-state index in [1.54, 1.807) is 0 Å². The zero-order chi connectivity index (χ0) is 13.5. The maximum Gasteiger partial charge on any atom is -0.0260 e. The molecule has 0 heterocycles. The van der Waals surface area contributed by atoms with Gasteiger partial charge in [-0.25, -0.2) is 0 Å². The summed E-state index contributed by atoms with van der Waals surface area (Å²) in [4.78, 5) is 0. The van der Waals surface area contributed by atoms with Crippen LogP contribution in [0.2, 0.25) is 0 Å². The molecule has 0 saturated heterocycles. The molecule has 0 heteroatoms. The molecule has 0 aromatic rings. The van der Waals surface area contributed by atoms with Crippen molar-refractivity contribution in [3.63, 3.8) is 0 Å². The topological polar surface area (TPSA) is 0 Å². The van der Waals surface area contributed by atoms with Crippen LogP contribution in [0.4, 0.5) is 0 Å². The molecule has 0 unspecified atom stereocenters. The molecule has 96 valence electrons. The van der Waals surface area contributed by atoms with Crippen LogP contribution in [-0.2, 0) is 0 Å². The summed E-state index contributed by atoms with van der Waals surface area (Å²) in [5, 5.41) is 0. The average molecular weight is 224 g/mol. The fourth-order valence-electron chi connectivity index (χ4n) is 1.15. The van der Waals surface area contributed by atoms with Gasteiger partial charge in [-0.15, -0.1) is 0 Å². The highest BCUT2D eigenvalue weighted by atomic mass is 14.0. The van der Waals surface area contributed by atoms with Gasteiger partial charge in [0, 0.05) is 0 Å². The molecule has 16 heavy (non-hydrogen) atoms. The first-order valence-corrected chi connectivity index (χ1v) is 6.39. The number of hydrogen-bond donors (Lipinski definition) is 0. The van der Waals surface area contributed by atoms with Gasteiger partial charge < -0.3 is 0 Å². The summed E-state index contributed by atoms with van der Waals surface area (Å²) in [5.41, 5.74) is 5.95. The monoisotopic (exact) mass is 224 g/mol. The summed E-state index contributed by atoms with van der Waals surface area (Å²) < 4.78 is 0. The number of allylic oxidation sites excluding steroid dienone is 4. The number of hydrogen-bond acceptors (Lipinski definition) is 0. The predicted octanol–water partition coefficient (Wildman–Crippen LogP) is 6.00. The molecule has 0 aromatic carbocycles. The Kier molecular flexibility index (Phi) is 9.61. The first kappa shape index (κ1) is 17.9. The van der Waals surface area contributed by atoms with Gasteiger partial charge in [0.05, 0.1) is 0 Å². The first-order chi connectivity index (χ1) is 7.11. The maximum absolute atomic E-state index is 2.22.